The van der Waals surface area contributed by atoms with Gasteiger partial charge in [-0.05, 0) is 30.0 Å². The van der Waals surface area contributed by atoms with Crippen molar-refractivity contribution in [3.05, 3.63) is 41.5 Å². The van der Waals surface area contributed by atoms with Gasteiger partial charge in [-0.3, -0.25) is 0 Å². The molecular weight excluding hydrogens is 266 g/mol. The average Bonchev–Trinajstić information content (AvgIpc) is 2.93. The molecule has 0 aliphatic rings. The van der Waals surface area contributed by atoms with Crippen LogP contribution in [0.15, 0.2) is 28.8 Å². The fraction of sp³-hybridized carbons (Fsp3) is 0.500. The van der Waals surface area contributed by atoms with Crippen molar-refractivity contribution in [1.29, 1.82) is 0 Å². The topological polar surface area (TPSA) is 74.2 Å². The van der Waals surface area contributed by atoms with Crippen LogP contribution in [0, 0.1) is 5.92 Å². The summed E-state index contributed by atoms with van der Waals surface area (Å²) in [7, 11) is 1.65. The SMILES string of the molecule is COc1ccc(Cc2noc(C(CN)CC(C)C)n2)cc1. The zero-order chi connectivity index (χ0) is 15.2. The molecule has 2 rings (SSSR count). The Balaban J connectivity index is 2.04. The lowest BCUT2D eigenvalue weighted by atomic mass is 9.97. The summed E-state index contributed by atoms with van der Waals surface area (Å²) >= 11 is 0. The third-order valence-electron chi connectivity index (χ3n) is 3.39. The monoisotopic (exact) mass is 289 g/mol. The van der Waals surface area contributed by atoms with Gasteiger partial charge in [0.25, 0.3) is 0 Å². The quantitative estimate of drug-likeness (QED) is 0.848. The Morgan fingerprint density at radius 2 is 1.95 bits per heavy atom. The molecule has 0 aliphatic carbocycles. The summed E-state index contributed by atoms with van der Waals surface area (Å²) in [4.78, 5) is 4.48. The Bertz CT molecular complexity index is 549. The Hall–Kier alpha value is -1.88. The standard InChI is InChI=1S/C16H23N3O2/c1-11(2)8-13(10-17)16-18-15(19-21-16)9-12-4-6-14(20-3)7-5-12/h4-7,11,13H,8-10,17H2,1-3H3. The van der Waals surface area contributed by atoms with Crippen molar-refractivity contribution in [2.45, 2.75) is 32.6 Å². The van der Waals surface area contributed by atoms with Crippen molar-refractivity contribution in [1.82, 2.24) is 10.1 Å². The van der Waals surface area contributed by atoms with Gasteiger partial charge in [0.05, 0.1) is 13.0 Å². The van der Waals surface area contributed by atoms with Crippen LogP contribution < -0.4 is 10.5 Å². The zero-order valence-electron chi connectivity index (χ0n) is 12.9. The van der Waals surface area contributed by atoms with Gasteiger partial charge in [0.1, 0.15) is 5.75 Å². The van der Waals surface area contributed by atoms with Crippen LogP contribution in [0.25, 0.3) is 0 Å². The molecule has 2 N–H and O–H groups in total. The predicted molar refractivity (Wildman–Crippen MR) is 81.3 cm³/mol. The van der Waals surface area contributed by atoms with Gasteiger partial charge < -0.3 is 15.0 Å². The van der Waals surface area contributed by atoms with E-state index in [2.05, 4.69) is 24.0 Å². The number of nitrogens with two attached hydrogens (primary N) is 1. The summed E-state index contributed by atoms with van der Waals surface area (Å²) in [6, 6.07) is 7.86. The summed E-state index contributed by atoms with van der Waals surface area (Å²) in [6.07, 6.45) is 1.60. The lowest BCUT2D eigenvalue weighted by Gasteiger charge is -2.11. The molecule has 21 heavy (non-hydrogen) atoms. The molecule has 0 amide bonds. The average molecular weight is 289 g/mol. The second kappa shape index (κ2) is 7.22. The first-order valence-corrected chi connectivity index (χ1v) is 7.27. The molecule has 1 aromatic carbocycles. The highest BCUT2D eigenvalue weighted by atomic mass is 16.5. The fourth-order valence-corrected chi connectivity index (χ4v) is 2.30. The molecular formula is C16H23N3O2. The smallest absolute Gasteiger partial charge is 0.231 e. The molecule has 1 heterocycles. The maximum Gasteiger partial charge on any atom is 0.231 e. The second-order valence-corrected chi connectivity index (χ2v) is 5.64. The number of nitrogens with zero attached hydrogens (tertiary/aromatic N) is 2. The van der Waals surface area contributed by atoms with Crippen molar-refractivity contribution in [3.63, 3.8) is 0 Å². The van der Waals surface area contributed by atoms with Crippen LogP contribution >= 0.6 is 0 Å². The summed E-state index contributed by atoms with van der Waals surface area (Å²) in [5, 5.41) is 4.06. The highest BCUT2D eigenvalue weighted by Crippen LogP contribution is 2.22. The minimum atomic E-state index is 0.141. The Morgan fingerprint density at radius 3 is 2.52 bits per heavy atom. The van der Waals surface area contributed by atoms with Crippen molar-refractivity contribution >= 4 is 0 Å². The zero-order valence-corrected chi connectivity index (χ0v) is 12.9. The third-order valence-corrected chi connectivity index (χ3v) is 3.39. The molecule has 0 saturated carbocycles. The van der Waals surface area contributed by atoms with Gasteiger partial charge in [0.2, 0.25) is 5.89 Å². The van der Waals surface area contributed by atoms with E-state index in [-0.39, 0.29) is 5.92 Å². The largest absolute Gasteiger partial charge is 0.497 e. The summed E-state index contributed by atoms with van der Waals surface area (Å²) < 4.78 is 10.5. The molecule has 114 valence electrons. The maximum atomic E-state index is 5.81. The summed E-state index contributed by atoms with van der Waals surface area (Å²) in [5.74, 6) is 2.87. The molecule has 0 radical (unpaired) electrons. The first-order valence-electron chi connectivity index (χ1n) is 7.27. The van der Waals surface area contributed by atoms with Crippen LogP contribution in [0.3, 0.4) is 0 Å². The van der Waals surface area contributed by atoms with Crippen molar-refractivity contribution in [3.8, 4) is 5.75 Å². The van der Waals surface area contributed by atoms with Gasteiger partial charge in [0.15, 0.2) is 5.82 Å². The van der Waals surface area contributed by atoms with Gasteiger partial charge >= 0.3 is 0 Å². The number of methoxy groups -OCH3 is 1. The third kappa shape index (κ3) is 4.29. The molecule has 1 aromatic heterocycles. The molecule has 1 atom stereocenters. The van der Waals surface area contributed by atoms with Crippen molar-refractivity contribution in [2.75, 3.05) is 13.7 Å². The number of aromatic nitrogens is 2. The molecule has 2 aromatic rings. The van der Waals surface area contributed by atoms with Crippen molar-refractivity contribution < 1.29 is 9.26 Å². The predicted octanol–water partition coefficient (Wildman–Crippen LogP) is 2.76. The van der Waals surface area contributed by atoms with Crippen LogP contribution in [-0.2, 0) is 6.42 Å². The van der Waals surface area contributed by atoms with Gasteiger partial charge in [-0.15, -0.1) is 0 Å². The maximum absolute atomic E-state index is 5.81. The molecule has 5 nitrogen and oxygen atoms in total. The Kier molecular flexibility index (Phi) is 5.33. The van der Waals surface area contributed by atoms with Gasteiger partial charge in [0, 0.05) is 13.0 Å². The van der Waals surface area contributed by atoms with Gasteiger partial charge in [-0.25, -0.2) is 0 Å². The Labute approximate surface area is 125 Å². The number of rotatable bonds is 7. The minimum absolute atomic E-state index is 0.141. The molecule has 0 aliphatic heterocycles. The molecule has 5 heteroatoms. The van der Waals surface area contributed by atoms with E-state index in [0.717, 1.165) is 17.7 Å². The lowest BCUT2D eigenvalue weighted by molar-refractivity contribution is 0.332. The molecule has 1 unspecified atom stereocenters. The van der Waals surface area contributed by atoms with Crippen molar-refractivity contribution in [2.24, 2.45) is 11.7 Å². The fourth-order valence-electron chi connectivity index (χ4n) is 2.30. The summed E-state index contributed by atoms with van der Waals surface area (Å²) in [6.45, 7) is 4.86. The van der Waals surface area contributed by atoms with Gasteiger partial charge in [-0.2, -0.15) is 4.98 Å². The van der Waals surface area contributed by atoms with E-state index in [1.165, 1.54) is 0 Å². The van der Waals surface area contributed by atoms with E-state index in [4.69, 9.17) is 15.0 Å². The number of hydrogen-bond acceptors (Lipinski definition) is 5. The van der Waals surface area contributed by atoms with Crippen LogP contribution in [0.5, 0.6) is 5.75 Å². The molecule has 0 saturated heterocycles. The first kappa shape index (κ1) is 15.5. The van der Waals surface area contributed by atoms with E-state index < -0.39 is 0 Å². The molecule has 0 bridgehead atoms. The first-order chi connectivity index (χ1) is 10.1. The van der Waals surface area contributed by atoms with E-state index in [9.17, 15) is 0 Å². The lowest BCUT2D eigenvalue weighted by Crippen LogP contribution is -2.15. The number of hydrogen-bond donors (Lipinski definition) is 1. The van der Waals surface area contributed by atoms with E-state index in [0.29, 0.717) is 30.6 Å². The molecule has 0 spiro atoms. The minimum Gasteiger partial charge on any atom is -0.497 e. The highest BCUT2D eigenvalue weighted by molar-refractivity contribution is 5.28. The van der Waals surface area contributed by atoms with E-state index >= 15 is 0 Å². The van der Waals surface area contributed by atoms with E-state index in [1.807, 2.05) is 24.3 Å². The Morgan fingerprint density at radius 1 is 1.24 bits per heavy atom. The number of benzene rings is 1. The van der Waals surface area contributed by atoms with Crippen LogP contribution in [-0.4, -0.2) is 23.8 Å². The van der Waals surface area contributed by atoms with Crippen LogP contribution in [0.4, 0.5) is 0 Å². The van der Waals surface area contributed by atoms with Gasteiger partial charge in [-0.1, -0.05) is 31.1 Å². The highest BCUT2D eigenvalue weighted by Gasteiger charge is 2.19. The summed E-state index contributed by atoms with van der Waals surface area (Å²) in [5.41, 5.74) is 6.93. The number of ether oxygens (including phenoxy) is 1. The van der Waals surface area contributed by atoms with Crippen LogP contribution in [0.2, 0.25) is 0 Å². The normalized spacial score (nSPS) is 12.6. The van der Waals surface area contributed by atoms with Crippen LogP contribution in [0.1, 0.15) is 43.5 Å². The molecule has 0 fully saturated rings. The van der Waals surface area contributed by atoms with E-state index in [1.54, 1.807) is 7.11 Å². The second-order valence-electron chi connectivity index (χ2n) is 5.64.